The van der Waals surface area contributed by atoms with E-state index in [0.717, 1.165) is 5.56 Å². The van der Waals surface area contributed by atoms with E-state index in [4.69, 9.17) is 5.73 Å². The van der Waals surface area contributed by atoms with E-state index < -0.39 is 5.91 Å². The summed E-state index contributed by atoms with van der Waals surface area (Å²) in [6.45, 7) is 0. The summed E-state index contributed by atoms with van der Waals surface area (Å²) in [6, 6.07) is 10.1. The number of anilines is 1. The van der Waals surface area contributed by atoms with Crippen molar-refractivity contribution in [3.05, 3.63) is 54.4 Å². The fourth-order valence-electron chi connectivity index (χ4n) is 2.23. The lowest BCUT2D eigenvalue weighted by Gasteiger charge is -2.06. The van der Waals surface area contributed by atoms with Gasteiger partial charge in [-0.15, -0.1) is 10.2 Å². The third kappa shape index (κ3) is 4.06. The molecule has 9 heteroatoms. The number of carbonyl (C=O) groups excluding carboxylic acids is 2. The number of thioether (sulfide) groups is 1. The van der Waals surface area contributed by atoms with Crippen LogP contribution < -0.4 is 11.1 Å². The fourth-order valence-corrected chi connectivity index (χ4v) is 2.94. The third-order valence-corrected chi connectivity index (χ3v) is 4.56. The molecule has 8 nitrogen and oxygen atoms in total. The van der Waals surface area contributed by atoms with Crippen molar-refractivity contribution in [1.29, 1.82) is 0 Å². The van der Waals surface area contributed by atoms with Gasteiger partial charge in [0.25, 0.3) is 0 Å². The number of pyridine rings is 1. The molecule has 0 saturated carbocycles. The molecule has 0 bridgehead atoms. The minimum absolute atomic E-state index is 0.177. The fraction of sp³-hybridized carbons (Fsp3) is 0.118. The summed E-state index contributed by atoms with van der Waals surface area (Å²) in [7, 11) is 1.84. The number of nitrogens with one attached hydrogen (secondary N) is 1. The lowest BCUT2D eigenvalue weighted by molar-refractivity contribution is -0.113. The van der Waals surface area contributed by atoms with Crippen LogP contribution in [0, 0.1) is 0 Å². The quantitative estimate of drug-likeness (QED) is 0.640. The average molecular weight is 368 g/mol. The van der Waals surface area contributed by atoms with Gasteiger partial charge in [0.15, 0.2) is 11.0 Å². The van der Waals surface area contributed by atoms with E-state index in [-0.39, 0.29) is 11.7 Å². The zero-order valence-electron chi connectivity index (χ0n) is 13.9. The van der Waals surface area contributed by atoms with Crippen molar-refractivity contribution in [2.75, 3.05) is 11.1 Å². The zero-order chi connectivity index (χ0) is 18.5. The maximum absolute atomic E-state index is 12.1. The van der Waals surface area contributed by atoms with Gasteiger partial charge in [0.2, 0.25) is 11.8 Å². The van der Waals surface area contributed by atoms with Gasteiger partial charge in [-0.1, -0.05) is 11.8 Å². The SMILES string of the molecule is Cn1c(SCC(=O)Nc2ccc(C(N)=O)cc2)nnc1-c1cccnc1. The van der Waals surface area contributed by atoms with Gasteiger partial charge in [-0.25, -0.2) is 0 Å². The molecule has 0 atom stereocenters. The lowest BCUT2D eigenvalue weighted by Crippen LogP contribution is -2.15. The number of rotatable bonds is 6. The van der Waals surface area contributed by atoms with Crippen LogP contribution in [-0.4, -0.2) is 37.3 Å². The molecule has 1 aromatic carbocycles. The van der Waals surface area contributed by atoms with Gasteiger partial charge in [0.1, 0.15) is 0 Å². The number of nitrogens with zero attached hydrogens (tertiary/aromatic N) is 4. The van der Waals surface area contributed by atoms with E-state index in [0.29, 0.717) is 22.2 Å². The standard InChI is InChI=1S/C17H16N6O2S/c1-23-16(12-3-2-8-19-9-12)21-22-17(23)26-10-14(24)20-13-6-4-11(5-7-13)15(18)25/h2-9H,10H2,1H3,(H2,18,25)(H,20,24). The number of primary amides is 1. The second kappa shape index (κ2) is 7.79. The van der Waals surface area contributed by atoms with Crippen LogP contribution >= 0.6 is 11.8 Å². The van der Waals surface area contributed by atoms with Crippen molar-refractivity contribution in [3.63, 3.8) is 0 Å². The minimum Gasteiger partial charge on any atom is -0.366 e. The van der Waals surface area contributed by atoms with Crippen LogP contribution in [0.5, 0.6) is 0 Å². The van der Waals surface area contributed by atoms with Crippen molar-refractivity contribution >= 4 is 29.3 Å². The summed E-state index contributed by atoms with van der Waals surface area (Å²) in [5.41, 5.74) is 7.02. The van der Waals surface area contributed by atoms with Crippen LogP contribution in [0.2, 0.25) is 0 Å². The third-order valence-electron chi connectivity index (χ3n) is 3.54. The second-order valence-corrected chi connectivity index (χ2v) is 6.33. The first kappa shape index (κ1) is 17.6. The number of nitrogens with two attached hydrogens (primary N) is 1. The molecule has 26 heavy (non-hydrogen) atoms. The highest BCUT2D eigenvalue weighted by Crippen LogP contribution is 2.22. The Balaban J connectivity index is 1.60. The molecule has 0 radical (unpaired) electrons. The average Bonchev–Trinajstić information content (AvgIpc) is 3.02. The molecule has 0 aliphatic rings. The van der Waals surface area contributed by atoms with Gasteiger partial charge >= 0.3 is 0 Å². The van der Waals surface area contributed by atoms with E-state index in [1.54, 1.807) is 36.7 Å². The number of carbonyl (C=O) groups is 2. The number of hydrogen-bond acceptors (Lipinski definition) is 6. The topological polar surface area (TPSA) is 116 Å². The van der Waals surface area contributed by atoms with Crippen LogP contribution in [0.25, 0.3) is 11.4 Å². The summed E-state index contributed by atoms with van der Waals surface area (Å²) in [5, 5.41) is 11.7. The Morgan fingerprint density at radius 3 is 2.62 bits per heavy atom. The number of hydrogen-bond donors (Lipinski definition) is 2. The van der Waals surface area contributed by atoms with E-state index >= 15 is 0 Å². The van der Waals surface area contributed by atoms with Crippen molar-refractivity contribution in [2.24, 2.45) is 12.8 Å². The molecule has 0 aliphatic carbocycles. The molecular weight excluding hydrogens is 352 g/mol. The van der Waals surface area contributed by atoms with Gasteiger partial charge in [-0.3, -0.25) is 14.6 Å². The van der Waals surface area contributed by atoms with Gasteiger partial charge in [-0.2, -0.15) is 0 Å². The number of benzene rings is 1. The van der Waals surface area contributed by atoms with Crippen molar-refractivity contribution in [3.8, 4) is 11.4 Å². The molecule has 0 unspecified atom stereocenters. The Morgan fingerprint density at radius 1 is 1.19 bits per heavy atom. The van der Waals surface area contributed by atoms with Gasteiger partial charge in [0, 0.05) is 36.3 Å². The molecule has 0 saturated heterocycles. The molecule has 2 heterocycles. The first-order valence-corrected chi connectivity index (χ1v) is 8.65. The molecule has 132 valence electrons. The van der Waals surface area contributed by atoms with E-state index in [1.807, 2.05) is 23.7 Å². The monoisotopic (exact) mass is 368 g/mol. The second-order valence-electron chi connectivity index (χ2n) is 5.39. The highest BCUT2D eigenvalue weighted by molar-refractivity contribution is 7.99. The highest BCUT2D eigenvalue weighted by Gasteiger charge is 2.13. The molecule has 0 aliphatic heterocycles. The van der Waals surface area contributed by atoms with Crippen molar-refractivity contribution < 1.29 is 9.59 Å². The Morgan fingerprint density at radius 2 is 1.96 bits per heavy atom. The van der Waals surface area contributed by atoms with E-state index in [2.05, 4.69) is 20.5 Å². The first-order valence-electron chi connectivity index (χ1n) is 7.67. The summed E-state index contributed by atoms with van der Waals surface area (Å²) < 4.78 is 1.82. The normalized spacial score (nSPS) is 10.5. The molecule has 0 fully saturated rings. The lowest BCUT2D eigenvalue weighted by atomic mass is 10.2. The maximum Gasteiger partial charge on any atom is 0.248 e. The van der Waals surface area contributed by atoms with E-state index in [1.165, 1.54) is 11.8 Å². The predicted molar refractivity (Wildman–Crippen MR) is 98.5 cm³/mol. The molecule has 0 spiro atoms. The van der Waals surface area contributed by atoms with Crippen LogP contribution in [-0.2, 0) is 11.8 Å². The Labute approximate surface area is 153 Å². The van der Waals surface area contributed by atoms with Gasteiger partial charge in [0.05, 0.1) is 5.75 Å². The largest absolute Gasteiger partial charge is 0.366 e. The maximum atomic E-state index is 12.1. The van der Waals surface area contributed by atoms with Crippen LogP contribution in [0.3, 0.4) is 0 Å². The Hall–Kier alpha value is -3.20. The summed E-state index contributed by atoms with van der Waals surface area (Å²) in [6.07, 6.45) is 3.40. The van der Waals surface area contributed by atoms with E-state index in [9.17, 15) is 9.59 Å². The highest BCUT2D eigenvalue weighted by atomic mass is 32.2. The zero-order valence-corrected chi connectivity index (χ0v) is 14.7. The summed E-state index contributed by atoms with van der Waals surface area (Å²) in [4.78, 5) is 27.2. The predicted octanol–water partition coefficient (Wildman–Crippen LogP) is 1.71. The molecule has 3 aromatic rings. The van der Waals surface area contributed by atoms with Gasteiger partial charge in [-0.05, 0) is 36.4 Å². The van der Waals surface area contributed by atoms with Crippen LogP contribution in [0.1, 0.15) is 10.4 Å². The van der Waals surface area contributed by atoms with Crippen molar-refractivity contribution in [2.45, 2.75) is 5.16 Å². The Kier molecular flexibility index (Phi) is 5.28. The minimum atomic E-state index is -0.509. The van der Waals surface area contributed by atoms with Gasteiger partial charge < -0.3 is 15.6 Å². The number of aromatic nitrogens is 4. The summed E-state index contributed by atoms with van der Waals surface area (Å²) >= 11 is 1.28. The van der Waals surface area contributed by atoms with Crippen molar-refractivity contribution in [1.82, 2.24) is 19.7 Å². The smallest absolute Gasteiger partial charge is 0.248 e. The molecule has 3 N–H and O–H groups in total. The molecule has 2 aromatic heterocycles. The summed E-state index contributed by atoms with van der Waals surface area (Å²) in [5.74, 6) is 0.164. The Bertz CT molecular complexity index is 924. The first-order chi connectivity index (χ1) is 12.5. The van der Waals surface area contributed by atoms with Crippen LogP contribution in [0.4, 0.5) is 5.69 Å². The molecular formula is C17H16N6O2S. The molecule has 3 rings (SSSR count). The van der Waals surface area contributed by atoms with Crippen LogP contribution in [0.15, 0.2) is 53.9 Å². The molecule has 2 amide bonds. The number of amides is 2.